The lowest BCUT2D eigenvalue weighted by atomic mass is 9.82. The normalized spacial score (nSPS) is 17.9. The number of imidazole rings is 1. The summed E-state index contributed by atoms with van der Waals surface area (Å²) in [6, 6.07) is 11.3. The van der Waals surface area contributed by atoms with Crippen LogP contribution in [0.4, 0.5) is 0 Å². The summed E-state index contributed by atoms with van der Waals surface area (Å²) in [4.78, 5) is 10.5. The predicted molar refractivity (Wildman–Crippen MR) is 131 cm³/mol. The van der Waals surface area contributed by atoms with Crippen LogP contribution in [0.1, 0.15) is 97.2 Å². The van der Waals surface area contributed by atoms with Gasteiger partial charge in [0.25, 0.3) is 0 Å². The van der Waals surface area contributed by atoms with Crippen LogP contribution in [-0.2, 0) is 16.2 Å². The molecule has 0 atom stereocenters. The number of fused-ring (bicyclic) bond motifs is 6. The third-order valence-electron chi connectivity index (χ3n) is 7.17. The quantitative estimate of drug-likeness (QED) is 0.325. The summed E-state index contributed by atoms with van der Waals surface area (Å²) in [6.45, 7) is 20.8. The molecule has 2 heterocycles. The Hall–Kier alpha value is -2.42. The third kappa shape index (κ3) is 2.85. The highest BCUT2D eigenvalue weighted by Gasteiger charge is 2.42. The maximum atomic E-state index is 5.27. The van der Waals surface area contributed by atoms with E-state index in [1.54, 1.807) is 0 Å². The van der Waals surface area contributed by atoms with Gasteiger partial charge in [-0.3, -0.25) is 4.40 Å². The summed E-state index contributed by atoms with van der Waals surface area (Å²) >= 11 is 0. The second-order valence-electron chi connectivity index (χ2n) is 12.2. The van der Waals surface area contributed by atoms with Gasteiger partial charge in [0.2, 0.25) is 0 Å². The van der Waals surface area contributed by atoms with Crippen molar-refractivity contribution in [2.24, 2.45) is 0 Å². The summed E-state index contributed by atoms with van der Waals surface area (Å²) in [5, 5.41) is 1.19. The minimum Gasteiger partial charge on any atom is -0.279 e. The Labute approximate surface area is 185 Å². The van der Waals surface area contributed by atoms with E-state index in [2.05, 4.69) is 97.0 Å². The van der Waals surface area contributed by atoms with Crippen LogP contribution in [0.5, 0.6) is 0 Å². The van der Waals surface area contributed by atoms with E-state index in [0.29, 0.717) is 5.92 Å². The Morgan fingerprint density at radius 3 is 2.16 bits per heavy atom. The number of hydrogen-bond acceptors (Lipinski definition) is 2. The van der Waals surface area contributed by atoms with E-state index in [9.17, 15) is 0 Å². The lowest BCUT2D eigenvalue weighted by Gasteiger charge is -2.23. The van der Waals surface area contributed by atoms with Gasteiger partial charge < -0.3 is 0 Å². The Morgan fingerprint density at radius 1 is 0.903 bits per heavy atom. The fourth-order valence-corrected chi connectivity index (χ4v) is 5.96. The SMILES string of the molecule is CC(C)c1cccc2nc(C(C)(C)C)n3c4cc5c(cc4nc3c12)C(C)(C)CC5(C)C. The minimum absolute atomic E-state index is 0.0955. The second-order valence-corrected chi connectivity index (χ2v) is 12.2. The highest BCUT2D eigenvalue weighted by atomic mass is 15.1. The molecule has 0 N–H and O–H groups in total. The summed E-state index contributed by atoms with van der Waals surface area (Å²) < 4.78 is 2.35. The number of aromatic nitrogens is 3. The highest BCUT2D eigenvalue weighted by molar-refractivity contribution is 5.99. The summed E-state index contributed by atoms with van der Waals surface area (Å²) in [7, 11) is 0. The van der Waals surface area contributed by atoms with Gasteiger partial charge in [0.1, 0.15) is 11.5 Å². The van der Waals surface area contributed by atoms with E-state index in [-0.39, 0.29) is 16.2 Å². The molecule has 0 bridgehead atoms. The maximum Gasteiger partial charge on any atom is 0.149 e. The van der Waals surface area contributed by atoms with Gasteiger partial charge in [0.15, 0.2) is 0 Å². The zero-order chi connectivity index (χ0) is 22.5. The van der Waals surface area contributed by atoms with Gasteiger partial charge in [-0.05, 0) is 58.1 Å². The number of rotatable bonds is 1. The van der Waals surface area contributed by atoms with Gasteiger partial charge in [0.05, 0.1) is 16.6 Å². The van der Waals surface area contributed by atoms with Crippen LogP contribution in [-0.4, -0.2) is 14.4 Å². The molecule has 0 radical (unpaired) electrons. The van der Waals surface area contributed by atoms with Crippen molar-refractivity contribution in [2.45, 2.75) is 90.9 Å². The van der Waals surface area contributed by atoms with Gasteiger partial charge in [0, 0.05) is 10.8 Å². The van der Waals surface area contributed by atoms with Crippen LogP contribution in [0.25, 0.3) is 27.6 Å². The maximum absolute atomic E-state index is 5.27. The monoisotopic (exact) mass is 413 g/mol. The van der Waals surface area contributed by atoms with Crippen LogP contribution >= 0.6 is 0 Å². The summed E-state index contributed by atoms with van der Waals surface area (Å²) in [6.07, 6.45) is 1.16. The van der Waals surface area contributed by atoms with E-state index < -0.39 is 0 Å². The minimum atomic E-state index is -0.0955. The molecule has 2 aromatic carbocycles. The van der Waals surface area contributed by atoms with Gasteiger partial charge in [-0.2, -0.15) is 0 Å². The van der Waals surface area contributed by atoms with Gasteiger partial charge in [-0.1, -0.05) is 74.4 Å². The first-order valence-corrected chi connectivity index (χ1v) is 11.6. The van der Waals surface area contributed by atoms with E-state index in [4.69, 9.17) is 9.97 Å². The van der Waals surface area contributed by atoms with Crippen LogP contribution in [0.2, 0.25) is 0 Å². The van der Waals surface area contributed by atoms with Crippen molar-refractivity contribution in [3.05, 3.63) is 52.8 Å². The molecule has 2 aromatic heterocycles. The van der Waals surface area contributed by atoms with Crippen molar-refractivity contribution in [3.63, 3.8) is 0 Å². The zero-order valence-corrected chi connectivity index (χ0v) is 20.5. The molecular weight excluding hydrogens is 378 g/mol. The first-order chi connectivity index (χ1) is 14.3. The van der Waals surface area contributed by atoms with Gasteiger partial charge in [-0.15, -0.1) is 0 Å². The van der Waals surface area contributed by atoms with Crippen LogP contribution in [0.3, 0.4) is 0 Å². The molecule has 3 nitrogen and oxygen atoms in total. The number of hydrogen-bond donors (Lipinski definition) is 0. The molecule has 5 rings (SSSR count). The first-order valence-electron chi connectivity index (χ1n) is 11.6. The lowest BCUT2D eigenvalue weighted by Crippen LogP contribution is -2.19. The highest BCUT2D eigenvalue weighted by Crippen LogP contribution is 2.50. The smallest absolute Gasteiger partial charge is 0.149 e. The molecule has 162 valence electrons. The molecule has 0 saturated carbocycles. The third-order valence-corrected chi connectivity index (χ3v) is 7.17. The van der Waals surface area contributed by atoms with E-state index in [1.807, 2.05) is 0 Å². The van der Waals surface area contributed by atoms with E-state index in [1.165, 1.54) is 27.6 Å². The standard InChI is InChI=1S/C28H35N3/c1-16(2)17-11-10-12-20-23(17)24-29-21-13-18-19(28(8,9)15-27(18,6)7)14-22(21)31(24)25(30-20)26(3,4)5/h10-14,16H,15H2,1-9H3. The molecule has 1 aliphatic carbocycles. The average Bonchev–Trinajstić information content (AvgIpc) is 3.10. The molecule has 0 spiro atoms. The average molecular weight is 414 g/mol. The summed E-state index contributed by atoms with van der Waals surface area (Å²) in [5.74, 6) is 1.49. The number of nitrogens with zero attached hydrogens (tertiary/aromatic N) is 3. The van der Waals surface area contributed by atoms with E-state index >= 15 is 0 Å². The Morgan fingerprint density at radius 2 is 1.55 bits per heavy atom. The van der Waals surface area contributed by atoms with Crippen molar-refractivity contribution in [3.8, 4) is 0 Å². The molecule has 0 fully saturated rings. The van der Waals surface area contributed by atoms with E-state index in [0.717, 1.165) is 28.9 Å². The van der Waals surface area contributed by atoms with Crippen LogP contribution in [0, 0.1) is 0 Å². The predicted octanol–water partition coefficient (Wildman–Crippen LogP) is 7.42. The Kier molecular flexibility index (Phi) is 4.02. The molecular formula is C28H35N3. The van der Waals surface area contributed by atoms with Crippen molar-refractivity contribution < 1.29 is 0 Å². The van der Waals surface area contributed by atoms with Crippen molar-refractivity contribution in [1.29, 1.82) is 0 Å². The largest absolute Gasteiger partial charge is 0.279 e. The van der Waals surface area contributed by atoms with Crippen LogP contribution in [0.15, 0.2) is 30.3 Å². The molecule has 1 aliphatic rings. The second kappa shape index (κ2) is 6.09. The molecule has 0 amide bonds. The number of benzene rings is 2. The Balaban J connectivity index is 2.02. The van der Waals surface area contributed by atoms with Gasteiger partial charge in [-0.25, -0.2) is 9.97 Å². The molecule has 0 unspecified atom stereocenters. The topological polar surface area (TPSA) is 30.2 Å². The fourth-order valence-electron chi connectivity index (χ4n) is 5.96. The zero-order valence-electron chi connectivity index (χ0n) is 20.5. The van der Waals surface area contributed by atoms with Crippen molar-refractivity contribution in [1.82, 2.24) is 14.4 Å². The van der Waals surface area contributed by atoms with Gasteiger partial charge >= 0.3 is 0 Å². The fraction of sp³-hybridized carbons (Fsp3) is 0.500. The van der Waals surface area contributed by atoms with Crippen LogP contribution < -0.4 is 0 Å². The summed E-state index contributed by atoms with van der Waals surface area (Å²) in [5.41, 5.74) is 8.84. The van der Waals surface area contributed by atoms with Crippen molar-refractivity contribution >= 4 is 27.6 Å². The molecule has 0 aliphatic heterocycles. The molecule has 4 aromatic rings. The molecule has 0 saturated heterocycles. The molecule has 3 heteroatoms. The Bertz CT molecular complexity index is 1360. The van der Waals surface area contributed by atoms with Crippen molar-refractivity contribution in [2.75, 3.05) is 0 Å². The molecule has 31 heavy (non-hydrogen) atoms. The lowest BCUT2D eigenvalue weighted by molar-refractivity contribution is 0.403. The first kappa shape index (κ1) is 20.5.